The molecule has 3 N–H and O–H groups in total. The Bertz CT molecular complexity index is 613. The number of aromatic amines is 1. The lowest BCUT2D eigenvalue weighted by Gasteiger charge is -2.19. The number of ether oxygens (including phenoxy) is 2. The van der Waals surface area contributed by atoms with E-state index >= 15 is 0 Å². The fourth-order valence-electron chi connectivity index (χ4n) is 2.00. The van der Waals surface area contributed by atoms with Gasteiger partial charge in [-0.05, 0) is 23.8 Å². The molecule has 0 radical (unpaired) electrons. The first-order valence-corrected chi connectivity index (χ1v) is 6.70. The summed E-state index contributed by atoms with van der Waals surface area (Å²) in [5.41, 5.74) is 1.81. The van der Waals surface area contributed by atoms with Crippen LogP contribution in [0.4, 0.5) is 4.79 Å². The highest BCUT2D eigenvalue weighted by molar-refractivity contribution is 5.73. The van der Waals surface area contributed by atoms with Crippen molar-refractivity contribution in [2.45, 2.75) is 13.1 Å². The number of hydrogen-bond donors (Lipinski definition) is 3. The van der Waals surface area contributed by atoms with Crippen molar-refractivity contribution in [2.75, 3.05) is 13.2 Å². The summed E-state index contributed by atoms with van der Waals surface area (Å²) in [4.78, 5) is 11.7. The number of urea groups is 1. The smallest absolute Gasteiger partial charge is 0.315 e. The average Bonchev–Trinajstić information content (AvgIpc) is 3.04. The third kappa shape index (κ3) is 3.44. The predicted octanol–water partition coefficient (Wildman–Crippen LogP) is 1.18. The summed E-state index contributed by atoms with van der Waals surface area (Å²) >= 11 is 0. The zero-order valence-corrected chi connectivity index (χ0v) is 11.4. The summed E-state index contributed by atoms with van der Waals surface area (Å²) in [5, 5.41) is 12.1. The van der Waals surface area contributed by atoms with E-state index in [0.717, 1.165) is 22.8 Å². The van der Waals surface area contributed by atoms with Gasteiger partial charge in [-0.1, -0.05) is 6.07 Å². The summed E-state index contributed by atoms with van der Waals surface area (Å²) in [7, 11) is 0. The van der Waals surface area contributed by atoms with Gasteiger partial charge in [0, 0.05) is 12.7 Å². The second kappa shape index (κ2) is 6.17. The lowest BCUT2D eigenvalue weighted by Crippen LogP contribution is -2.34. The van der Waals surface area contributed by atoms with Gasteiger partial charge in [0.1, 0.15) is 13.2 Å². The summed E-state index contributed by atoms with van der Waals surface area (Å²) < 4.78 is 11.0. The van der Waals surface area contributed by atoms with Crippen molar-refractivity contribution in [1.29, 1.82) is 0 Å². The molecule has 3 rings (SSSR count). The van der Waals surface area contributed by atoms with Crippen molar-refractivity contribution in [3.63, 3.8) is 0 Å². The molecular formula is C14H16N4O3. The van der Waals surface area contributed by atoms with Gasteiger partial charge in [-0.15, -0.1) is 0 Å². The summed E-state index contributed by atoms with van der Waals surface area (Å²) in [6.07, 6.45) is 1.64. The predicted molar refractivity (Wildman–Crippen MR) is 75.1 cm³/mol. The topological polar surface area (TPSA) is 88.3 Å². The normalized spacial score (nSPS) is 12.8. The summed E-state index contributed by atoms with van der Waals surface area (Å²) in [5.74, 6) is 1.46. The standard InChI is InChI=1S/C14H16N4O3/c19-14(16-9-11-3-4-17-18-11)15-8-10-1-2-12-13(7-10)21-6-5-20-12/h1-4,7H,5-6,8-9H2,(H,17,18)(H2,15,16,19). The Morgan fingerprint density at radius 2 is 1.95 bits per heavy atom. The van der Waals surface area contributed by atoms with Crippen molar-refractivity contribution >= 4 is 6.03 Å². The highest BCUT2D eigenvalue weighted by Crippen LogP contribution is 2.30. The van der Waals surface area contributed by atoms with Crippen molar-refractivity contribution in [1.82, 2.24) is 20.8 Å². The van der Waals surface area contributed by atoms with Crippen LogP contribution >= 0.6 is 0 Å². The van der Waals surface area contributed by atoms with E-state index in [1.165, 1.54) is 0 Å². The van der Waals surface area contributed by atoms with Crippen LogP contribution in [-0.2, 0) is 13.1 Å². The molecule has 0 spiro atoms. The lowest BCUT2D eigenvalue weighted by molar-refractivity contribution is 0.171. The fourth-order valence-corrected chi connectivity index (χ4v) is 2.00. The Labute approximate surface area is 121 Å². The summed E-state index contributed by atoms with van der Waals surface area (Å²) in [6, 6.07) is 7.21. The van der Waals surface area contributed by atoms with Crippen LogP contribution in [-0.4, -0.2) is 29.4 Å². The number of benzene rings is 1. The molecule has 1 aliphatic heterocycles. The number of nitrogens with zero attached hydrogens (tertiary/aromatic N) is 1. The largest absolute Gasteiger partial charge is 0.486 e. The molecule has 2 heterocycles. The molecule has 0 fully saturated rings. The lowest BCUT2D eigenvalue weighted by atomic mass is 10.2. The Morgan fingerprint density at radius 3 is 2.76 bits per heavy atom. The molecule has 0 saturated heterocycles. The number of carbonyl (C=O) groups excluding carboxylic acids is 1. The molecular weight excluding hydrogens is 272 g/mol. The minimum absolute atomic E-state index is 0.237. The van der Waals surface area contributed by atoms with Gasteiger partial charge in [-0.3, -0.25) is 5.10 Å². The van der Waals surface area contributed by atoms with Crippen LogP contribution in [0.3, 0.4) is 0 Å². The minimum Gasteiger partial charge on any atom is -0.486 e. The van der Waals surface area contributed by atoms with Crippen LogP contribution in [0, 0.1) is 0 Å². The second-order valence-corrected chi connectivity index (χ2v) is 4.60. The quantitative estimate of drug-likeness (QED) is 0.788. The number of amides is 2. The number of H-pyrrole nitrogens is 1. The van der Waals surface area contributed by atoms with Gasteiger partial charge < -0.3 is 20.1 Å². The highest BCUT2D eigenvalue weighted by Gasteiger charge is 2.11. The number of rotatable bonds is 4. The van der Waals surface area contributed by atoms with E-state index in [0.29, 0.717) is 26.3 Å². The van der Waals surface area contributed by atoms with Gasteiger partial charge in [0.05, 0.1) is 12.2 Å². The van der Waals surface area contributed by atoms with Gasteiger partial charge in [0.25, 0.3) is 0 Å². The Kier molecular flexibility index (Phi) is 3.90. The second-order valence-electron chi connectivity index (χ2n) is 4.60. The van der Waals surface area contributed by atoms with Crippen LogP contribution < -0.4 is 20.1 Å². The molecule has 7 heteroatoms. The van der Waals surface area contributed by atoms with Crippen LogP contribution in [0.15, 0.2) is 30.5 Å². The zero-order valence-electron chi connectivity index (χ0n) is 11.4. The van der Waals surface area contributed by atoms with Crippen LogP contribution in [0.25, 0.3) is 0 Å². The fraction of sp³-hybridized carbons (Fsp3) is 0.286. The molecule has 7 nitrogen and oxygen atoms in total. The number of aromatic nitrogens is 2. The molecule has 0 bridgehead atoms. The van der Waals surface area contributed by atoms with Crippen LogP contribution in [0.1, 0.15) is 11.3 Å². The van der Waals surface area contributed by atoms with E-state index in [1.807, 2.05) is 18.2 Å². The molecule has 0 atom stereocenters. The van der Waals surface area contributed by atoms with Crippen LogP contribution in [0.5, 0.6) is 11.5 Å². The molecule has 110 valence electrons. The molecule has 2 amide bonds. The van der Waals surface area contributed by atoms with E-state index in [4.69, 9.17) is 9.47 Å². The minimum atomic E-state index is -0.237. The summed E-state index contributed by atoms with van der Waals surface area (Å²) in [6.45, 7) is 1.95. The first-order valence-electron chi connectivity index (χ1n) is 6.70. The molecule has 0 unspecified atom stereocenters. The van der Waals surface area contributed by atoms with Gasteiger partial charge in [0.2, 0.25) is 0 Å². The molecule has 0 saturated carbocycles. The first kappa shape index (κ1) is 13.3. The van der Waals surface area contributed by atoms with E-state index < -0.39 is 0 Å². The zero-order chi connectivity index (χ0) is 14.5. The van der Waals surface area contributed by atoms with E-state index in [2.05, 4.69) is 20.8 Å². The molecule has 2 aromatic rings. The van der Waals surface area contributed by atoms with Crippen LogP contribution in [0.2, 0.25) is 0 Å². The average molecular weight is 288 g/mol. The highest BCUT2D eigenvalue weighted by atomic mass is 16.6. The van der Waals surface area contributed by atoms with Crippen molar-refractivity contribution in [3.8, 4) is 11.5 Å². The molecule has 0 aliphatic carbocycles. The van der Waals surface area contributed by atoms with E-state index in [-0.39, 0.29) is 6.03 Å². The van der Waals surface area contributed by atoms with Crippen molar-refractivity contribution in [3.05, 3.63) is 41.7 Å². The third-order valence-electron chi connectivity index (χ3n) is 3.06. The SMILES string of the molecule is O=C(NCc1ccc2c(c1)OCCO2)NCc1ccn[nH]1. The van der Waals surface area contributed by atoms with Crippen molar-refractivity contribution < 1.29 is 14.3 Å². The maximum atomic E-state index is 11.7. The maximum Gasteiger partial charge on any atom is 0.315 e. The maximum absolute atomic E-state index is 11.7. The Hall–Kier alpha value is -2.70. The molecule has 1 aliphatic rings. The molecule has 21 heavy (non-hydrogen) atoms. The number of carbonyl (C=O) groups is 1. The molecule has 1 aromatic carbocycles. The number of hydrogen-bond acceptors (Lipinski definition) is 4. The Morgan fingerprint density at radius 1 is 1.14 bits per heavy atom. The third-order valence-corrected chi connectivity index (χ3v) is 3.06. The monoisotopic (exact) mass is 288 g/mol. The van der Waals surface area contributed by atoms with Gasteiger partial charge in [0.15, 0.2) is 11.5 Å². The van der Waals surface area contributed by atoms with Gasteiger partial charge in [-0.2, -0.15) is 5.10 Å². The van der Waals surface area contributed by atoms with E-state index in [9.17, 15) is 4.79 Å². The number of fused-ring (bicyclic) bond motifs is 1. The first-order chi connectivity index (χ1) is 10.3. The van der Waals surface area contributed by atoms with E-state index in [1.54, 1.807) is 12.3 Å². The van der Waals surface area contributed by atoms with Crippen molar-refractivity contribution in [2.24, 2.45) is 0 Å². The number of nitrogens with one attached hydrogen (secondary N) is 3. The Balaban J connectivity index is 1.49. The van der Waals surface area contributed by atoms with Gasteiger partial charge >= 0.3 is 6.03 Å². The van der Waals surface area contributed by atoms with Gasteiger partial charge in [-0.25, -0.2) is 4.79 Å². The molecule has 1 aromatic heterocycles.